The zero-order valence-corrected chi connectivity index (χ0v) is 23.7. The van der Waals surface area contributed by atoms with Crippen molar-refractivity contribution in [2.45, 2.75) is 32.7 Å². The van der Waals surface area contributed by atoms with Gasteiger partial charge >= 0.3 is 0 Å². The zero-order valence-electron chi connectivity index (χ0n) is 22.1. The Morgan fingerprint density at radius 3 is 1.39 bits per heavy atom. The second-order valence-corrected chi connectivity index (χ2v) is 10.8. The number of benzene rings is 2. The molecular weight excluding hydrogens is 548 g/mol. The summed E-state index contributed by atoms with van der Waals surface area (Å²) in [5, 5.41) is 0.792. The van der Waals surface area contributed by atoms with Crippen molar-refractivity contribution in [1.29, 1.82) is 0 Å². The van der Waals surface area contributed by atoms with Gasteiger partial charge in [-0.15, -0.1) is 0 Å². The lowest BCUT2D eigenvalue weighted by molar-refractivity contribution is 0.0628. The molecule has 3 aliphatic rings. The standard InChI is InChI=1S/C18H25N3O2.C11H10BrNO2/c1-14(2)20-12-10-19(11-13-20)8-5-9-21-17(22)15-6-3-4-7-16(15)18(21)23;12-6-3-7-13-10(14)8-4-1-2-5-9(8)11(13)15/h3-4,6-7,14H,5,8-13H2,1-2H3;1-2,4-5H,3,6-7H2. The topological polar surface area (TPSA) is 81.2 Å². The summed E-state index contributed by atoms with van der Waals surface area (Å²) in [6.07, 6.45) is 1.62. The molecule has 1 fully saturated rings. The van der Waals surface area contributed by atoms with Crippen LogP contribution in [-0.4, -0.2) is 100 Å². The van der Waals surface area contributed by atoms with Gasteiger partial charge < -0.3 is 4.90 Å². The van der Waals surface area contributed by atoms with Crippen LogP contribution < -0.4 is 0 Å². The summed E-state index contributed by atoms with van der Waals surface area (Å²) in [5.74, 6) is -0.626. The first kappa shape index (κ1) is 28.1. The van der Waals surface area contributed by atoms with Gasteiger partial charge in [0.15, 0.2) is 0 Å². The number of alkyl halides is 1. The Bertz CT molecular complexity index is 1120. The number of fused-ring (bicyclic) bond motifs is 2. The lowest BCUT2D eigenvalue weighted by Gasteiger charge is -2.37. The van der Waals surface area contributed by atoms with Crippen LogP contribution in [-0.2, 0) is 0 Å². The number of carbonyl (C=O) groups excluding carboxylic acids is 4. The molecule has 2 aromatic carbocycles. The molecule has 0 unspecified atom stereocenters. The highest BCUT2D eigenvalue weighted by atomic mass is 79.9. The molecule has 9 heteroatoms. The van der Waals surface area contributed by atoms with E-state index in [-0.39, 0.29) is 23.6 Å². The van der Waals surface area contributed by atoms with Crippen LogP contribution in [0.25, 0.3) is 0 Å². The number of imide groups is 2. The molecule has 0 aliphatic carbocycles. The van der Waals surface area contributed by atoms with Crippen molar-refractivity contribution in [3.63, 3.8) is 0 Å². The molecular formula is C29H35BrN4O4. The van der Waals surface area contributed by atoms with E-state index in [1.165, 1.54) is 9.80 Å². The minimum atomic E-state index is -0.170. The maximum atomic E-state index is 12.3. The van der Waals surface area contributed by atoms with Gasteiger partial charge in [0, 0.05) is 50.6 Å². The molecule has 0 radical (unpaired) electrons. The first-order valence-electron chi connectivity index (χ1n) is 13.3. The van der Waals surface area contributed by atoms with E-state index in [0.29, 0.717) is 41.4 Å². The third-order valence-corrected chi connectivity index (χ3v) is 7.83. The van der Waals surface area contributed by atoms with Gasteiger partial charge in [-0.2, -0.15) is 0 Å². The summed E-state index contributed by atoms with van der Waals surface area (Å²) >= 11 is 3.28. The molecule has 4 amide bonds. The lowest BCUT2D eigenvalue weighted by Crippen LogP contribution is -2.49. The van der Waals surface area contributed by atoms with Crippen molar-refractivity contribution < 1.29 is 19.2 Å². The summed E-state index contributed by atoms with van der Waals surface area (Å²) < 4.78 is 0. The first-order chi connectivity index (χ1) is 18.3. The highest BCUT2D eigenvalue weighted by Crippen LogP contribution is 2.23. The molecule has 0 spiro atoms. The van der Waals surface area contributed by atoms with E-state index in [1.54, 1.807) is 36.4 Å². The van der Waals surface area contributed by atoms with E-state index in [2.05, 4.69) is 39.6 Å². The van der Waals surface area contributed by atoms with Crippen molar-refractivity contribution in [2.75, 3.05) is 51.1 Å². The summed E-state index contributed by atoms with van der Waals surface area (Å²) in [6.45, 7) is 10.7. The van der Waals surface area contributed by atoms with Crippen LogP contribution in [0.3, 0.4) is 0 Å². The van der Waals surface area contributed by atoms with E-state index < -0.39 is 0 Å². The summed E-state index contributed by atoms with van der Waals surface area (Å²) in [7, 11) is 0. The van der Waals surface area contributed by atoms with Crippen LogP contribution in [0.5, 0.6) is 0 Å². The molecule has 2 aromatic rings. The van der Waals surface area contributed by atoms with Gasteiger partial charge in [-0.1, -0.05) is 40.2 Å². The number of carbonyl (C=O) groups is 4. The molecule has 0 N–H and O–H groups in total. The number of amides is 4. The Morgan fingerprint density at radius 2 is 1.03 bits per heavy atom. The maximum absolute atomic E-state index is 12.3. The molecule has 0 atom stereocenters. The van der Waals surface area contributed by atoms with E-state index >= 15 is 0 Å². The Balaban J connectivity index is 0.000000194. The molecule has 3 aliphatic heterocycles. The average Bonchev–Trinajstić information content (AvgIpc) is 3.33. The largest absolute Gasteiger partial charge is 0.301 e. The molecule has 1 saturated heterocycles. The summed E-state index contributed by atoms with van der Waals surface area (Å²) in [6, 6.07) is 14.6. The highest BCUT2D eigenvalue weighted by Gasteiger charge is 2.35. The Kier molecular flexibility index (Phi) is 9.46. The number of hydrogen-bond donors (Lipinski definition) is 0. The predicted octanol–water partition coefficient (Wildman–Crippen LogP) is 3.77. The summed E-state index contributed by atoms with van der Waals surface area (Å²) in [5.41, 5.74) is 2.14. The molecule has 3 heterocycles. The SMILES string of the molecule is CC(C)N1CCN(CCCN2C(=O)c3ccccc3C2=O)CC1.O=C1c2ccccc2C(=O)N1CCCBr. The zero-order chi connectivity index (χ0) is 27.2. The number of piperazine rings is 1. The molecule has 0 aromatic heterocycles. The van der Waals surface area contributed by atoms with Gasteiger partial charge in [0.05, 0.1) is 22.3 Å². The van der Waals surface area contributed by atoms with E-state index in [0.717, 1.165) is 50.9 Å². The van der Waals surface area contributed by atoms with Crippen molar-refractivity contribution in [3.05, 3.63) is 70.8 Å². The lowest BCUT2D eigenvalue weighted by atomic mass is 10.1. The van der Waals surface area contributed by atoms with E-state index in [1.807, 2.05) is 12.1 Å². The van der Waals surface area contributed by atoms with E-state index in [4.69, 9.17) is 0 Å². The smallest absolute Gasteiger partial charge is 0.261 e. The van der Waals surface area contributed by atoms with Crippen LogP contribution >= 0.6 is 15.9 Å². The second-order valence-electron chi connectivity index (χ2n) is 9.98. The Hall–Kier alpha value is -2.88. The van der Waals surface area contributed by atoms with Gasteiger partial charge in [0.25, 0.3) is 23.6 Å². The minimum Gasteiger partial charge on any atom is -0.301 e. The van der Waals surface area contributed by atoms with Crippen molar-refractivity contribution in [1.82, 2.24) is 19.6 Å². The van der Waals surface area contributed by atoms with Crippen LogP contribution in [0.4, 0.5) is 0 Å². The number of halogens is 1. The van der Waals surface area contributed by atoms with Gasteiger partial charge in [-0.05, 0) is 57.5 Å². The van der Waals surface area contributed by atoms with Gasteiger partial charge in [0.2, 0.25) is 0 Å². The highest BCUT2D eigenvalue weighted by molar-refractivity contribution is 9.09. The van der Waals surface area contributed by atoms with Crippen molar-refractivity contribution in [3.8, 4) is 0 Å². The fraction of sp³-hybridized carbons (Fsp3) is 0.448. The molecule has 5 rings (SSSR count). The Morgan fingerprint density at radius 1 is 0.632 bits per heavy atom. The van der Waals surface area contributed by atoms with Crippen LogP contribution in [0.15, 0.2) is 48.5 Å². The van der Waals surface area contributed by atoms with Crippen molar-refractivity contribution >= 4 is 39.6 Å². The predicted molar refractivity (Wildman–Crippen MR) is 150 cm³/mol. The fourth-order valence-corrected chi connectivity index (χ4v) is 5.31. The minimum absolute atomic E-state index is 0.143. The van der Waals surface area contributed by atoms with Gasteiger partial charge in [-0.25, -0.2) is 0 Å². The summed E-state index contributed by atoms with van der Waals surface area (Å²) in [4.78, 5) is 55.8. The monoisotopic (exact) mass is 582 g/mol. The third kappa shape index (κ3) is 6.06. The third-order valence-electron chi connectivity index (χ3n) is 7.26. The molecule has 202 valence electrons. The fourth-order valence-electron chi connectivity index (χ4n) is 5.06. The first-order valence-corrected chi connectivity index (χ1v) is 14.4. The number of rotatable bonds is 8. The van der Waals surface area contributed by atoms with Gasteiger partial charge in [-0.3, -0.25) is 33.9 Å². The van der Waals surface area contributed by atoms with Crippen LogP contribution in [0.2, 0.25) is 0 Å². The van der Waals surface area contributed by atoms with Crippen LogP contribution in [0.1, 0.15) is 68.1 Å². The maximum Gasteiger partial charge on any atom is 0.261 e. The van der Waals surface area contributed by atoms with Crippen molar-refractivity contribution in [2.24, 2.45) is 0 Å². The molecule has 0 bridgehead atoms. The van der Waals surface area contributed by atoms with Crippen LogP contribution in [0, 0.1) is 0 Å². The Labute approximate surface area is 232 Å². The van der Waals surface area contributed by atoms with Gasteiger partial charge in [0.1, 0.15) is 0 Å². The second kappa shape index (κ2) is 12.8. The average molecular weight is 584 g/mol. The number of hydrogen-bond acceptors (Lipinski definition) is 6. The van der Waals surface area contributed by atoms with E-state index in [9.17, 15) is 19.2 Å². The normalized spacial score (nSPS) is 17.7. The molecule has 8 nitrogen and oxygen atoms in total. The molecule has 0 saturated carbocycles. The number of nitrogens with zero attached hydrogens (tertiary/aromatic N) is 4. The molecule has 38 heavy (non-hydrogen) atoms. The quantitative estimate of drug-likeness (QED) is 0.348.